The highest BCUT2D eigenvalue weighted by Crippen LogP contribution is 2.44. The molecule has 7 heteroatoms. The molecule has 7 nitrogen and oxygen atoms in total. The number of nitrogens with zero attached hydrogens (tertiary/aromatic N) is 1. The molecule has 1 fully saturated rings. The van der Waals surface area contributed by atoms with Crippen LogP contribution in [0.3, 0.4) is 0 Å². The molecule has 0 aliphatic carbocycles. The van der Waals surface area contributed by atoms with Gasteiger partial charge in [-0.05, 0) is 13.3 Å². The number of esters is 2. The lowest BCUT2D eigenvalue weighted by atomic mass is 9.75. The Labute approximate surface area is 117 Å². The van der Waals surface area contributed by atoms with Gasteiger partial charge in [-0.25, -0.2) is 9.59 Å². The number of methoxy groups -OCH3 is 2. The Kier molecular flexibility index (Phi) is 4.54. The first kappa shape index (κ1) is 16.2. The summed E-state index contributed by atoms with van der Waals surface area (Å²) in [5.74, 6) is -2.61. The van der Waals surface area contributed by atoms with Crippen molar-refractivity contribution in [3.8, 4) is 0 Å². The van der Waals surface area contributed by atoms with E-state index in [2.05, 4.69) is 16.1 Å². The first-order valence-corrected chi connectivity index (χ1v) is 6.06. The fraction of sp³-hybridized carbons (Fsp3) is 0.615. The number of rotatable bonds is 5. The van der Waals surface area contributed by atoms with Gasteiger partial charge in [-0.2, -0.15) is 0 Å². The molecule has 0 radical (unpaired) electrons. The van der Waals surface area contributed by atoms with Gasteiger partial charge in [0.25, 0.3) is 5.54 Å². The van der Waals surface area contributed by atoms with Crippen LogP contribution in [-0.4, -0.2) is 60.3 Å². The molecule has 0 aromatic heterocycles. The SMILES string of the molecule is C=CCC1CN(C=O)C(C(=O)OC)(C(=O)OC)[C@@]1(C)O. The quantitative estimate of drug-likeness (QED) is 0.316. The molecular formula is C13H19NO6. The van der Waals surface area contributed by atoms with Crippen LogP contribution in [0.25, 0.3) is 0 Å². The van der Waals surface area contributed by atoms with Crippen molar-refractivity contribution in [3.63, 3.8) is 0 Å². The summed E-state index contributed by atoms with van der Waals surface area (Å²) in [6, 6.07) is 0. The van der Waals surface area contributed by atoms with Crippen LogP contribution in [0.15, 0.2) is 12.7 Å². The highest BCUT2D eigenvalue weighted by molar-refractivity contribution is 6.08. The van der Waals surface area contributed by atoms with Crippen LogP contribution in [0.4, 0.5) is 0 Å². The van der Waals surface area contributed by atoms with E-state index in [4.69, 9.17) is 0 Å². The monoisotopic (exact) mass is 285 g/mol. The number of carbonyl (C=O) groups excluding carboxylic acids is 3. The molecule has 1 N–H and O–H groups in total. The van der Waals surface area contributed by atoms with Crippen molar-refractivity contribution < 1.29 is 29.0 Å². The van der Waals surface area contributed by atoms with Crippen molar-refractivity contribution in [2.75, 3.05) is 20.8 Å². The maximum Gasteiger partial charge on any atom is 0.346 e. The second kappa shape index (κ2) is 5.62. The van der Waals surface area contributed by atoms with Crippen molar-refractivity contribution >= 4 is 18.3 Å². The van der Waals surface area contributed by atoms with Crippen molar-refractivity contribution in [2.45, 2.75) is 24.5 Å². The van der Waals surface area contributed by atoms with Crippen LogP contribution in [0, 0.1) is 5.92 Å². The zero-order valence-corrected chi connectivity index (χ0v) is 11.8. The smallest absolute Gasteiger partial charge is 0.346 e. The van der Waals surface area contributed by atoms with E-state index in [-0.39, 0.29) is 6.54 Å². The second-order valence-corrected chi connectivity index (χ2v) is 4.82. The molecule has 1 heterocycles. The molecule has 0 aromatic rings. The summed E-state index contributed by atoms with van der Waals surface area (Å²) in [6.07, 6.45) is 2.21. The molecule has 2 atom stereocenters. The molecule has 1 aliphatic rings. The number of aliphatic hydroxyl groups is 1. The Hall–Kier alpha value is -1.89. The largest absolute Gasteiger partial charge is 0.467 e. The van der Waals surface area contributed by atoms with E-state index >= 15 is 0 Å². The molecule has 1 saturated heterocycles. The van der Waals surface area contributed by atoms with Crippen LogP contribution >= 0.6 is 0 Å². The maximum atomic E-state index is 12.2. The van der Waals surface area contributed by atoms with Crippen molar-refractivity contribution in [1.82, 2.24) is 4.90 Å². The predicted octanol–water partition coefficient (Wildman–Crippen LogP) is -0.513. The molecule has 20 heavy (non-hydrogen) atoms. The summed E-state index contributed by atoms with van der Waals surface area (Å²) in [6.45, 7) is 4.91. The van der Waals surface area contributed by atoms with E-state index in [9.17, 15) is 19.5 Å². The summed E-state index contributed by atoms with van der Waals surface area (Å²) < 4.78 is 9.26. The van der Waals surface area contributed by atoms with Crippen LogP contribution in [0.5, 0.6) is 0 Å². The Morgan fingerprint density at radius 1 is 1.40 bits per heavy atom. The third kappa shape index (κ3) is 1.89. The van der Waals surface area contributed by atoms with Crippen molar-refractivity contribution in [1.29, 1.82) is 0 Å². The maximum absolute atomic E-state index is 12.2. The van der Waals surface area contributed by atoms with Gasteiger partial charge in [0.1, 0.15) is 5.60 Å². The number of allylic oxidation sites excluding steroid dienone is 1. The Morgan fingerprint density at radius 2 is 1.90 bits per heavy atom. The summed E-state index contributed by atoms with van der Waals surface area (Å²) in [5.41, 5.74) is -4.03. The van der Waals surface area contributed by atoms with Gasteiger partial charge in [-0.3, -0.25) is 4.79 Å². The van der Waals surface area contributed by atoms with E-state index < -0.39 is 29.0 Å². The topological polar surface area (TPSA) is 93.1 Å². The molecule has 112 valence electrons. The predicted molar refractivity (Wildman–Crippen MR) is 68.5 cm³/mol. The van der Waals surface area contributed by atoms with Gasteiger partial charge in [0.15, 0.2) is 0 Å². The van der Waals surface area contributed by atoms with Gasteiger partial charge in [0.2, 0.25) is 6.41 Å². The number of ether oxygens (including phenoxy) is 2. The van der Waals surface area contributed by atoms with Crippen LogP contribution in [0.2, 0.25) is 0 Å². The Bertz CT molecular complexity index is 415. The summed E-state index contributed by atoms with van der Waals surface area (Å²) >= 11 is 0. The minimum Gasteiger partial charge on any atom is -0.467 e. The Morgan fingerprint density at radius 3 is 2.25 bits per heavy atom. The van der Waals surface area contributed by atoms with E-state index in [0.717, 1.165) is 19.1 Å². The van der Waals surface area contributed by atoms with Crippen molar-refractivity contribution in [2.24, 2.45) is 5.92 Å². The molecule has 1 amide bonds. The summed E-state index contributed by atoms with van der Waals surface area (Å²) in [7, 11) is 2.15. The zero-order chi connectivity index (χ0) is 15.6. The number of carbonyl (C=O) groups is 3. The van der Waals surface area contributed by atoms with E-state index in [0.29, 0.717) is 12.8 Å². The molecule has 0 saturated carbocycles. The molecule has 0 bridgehead atoms. The second-order valence-electron chi connectivity index (χ2n) is 4.82. The molecular weight excluding hydrogens is 266 g/mol. The lowest BCUT2D eigenvalue weighted by molar-refractivity contribution is -0.186. The van der Waals surface area contributed by atoms with E-state index in [1.54, 1.807) is 6.08 Å². The molecule has 1 aliphatic heterocycles. The first-order valence-electron chi connectivity index (χ1n) is 6.06. The third-order valence-electron chi connectivity index (χ3n) is 3.92. The first-order chi connectivity index (χ1) is 9.34. The number of hydrogen-bond acceptors (Lipinski definition) is 6. The fourth-order valence-electron chi connectivity index (χ4n) is 2.79. The lowest BCUT2D eigenvalue weighted by Gasteiger charge is -2.39. The molecule has 0 spiro atoms. The van der Waals surface area contributed by atoms with Gasteiger partial charge in [-0.1, -0.05) is 6.08 Å². The number of likely N-dealkylation sites (tertiary alicyclic amines) is 1. The van der Waals surface area contributed by atoms with Crippen molar-refractivity contribution in [3.05, 3.63) is 12.7 Å². The van der Waals surface area contributed by atoms with E-state index in [1.807, 2.05) is 0 Å². The van der Waals surface area contributed by atoms with E-state index in [1.165, 1.54) is 6.92 Å². The highest BCUT2D eigenvalue weighted by atomic mass is 16.6. The normalized spacial score (nSPS) is 27.8. The molecule has 1 rings (SSSR count). The average Bonchev–Trinajstić information content (AvgIpc) is 2.66. The summed E-state index contributed by atoms with van der Waals surface area (Å²) in [4.78, 5) is 36.5. The number of hydrogen-bond donors (Lipinski definition) is 1. The average molecular weight is 285 g/mol. The molecule has 0 aromatic carbocycles. The molecule has 1 unspecified atom stereocenters. The Balaban J connectivity index is 3.50. The standard InChI is InChI=1S/C13H19NO6/c1-5-6-9-7-14(8-15)13(10(16)19-3,11(17)20-4)12(9,2)18/h5,8-9,18H,1,6-7H2,2-4H3/t9?,12-/m0/s1. The van der Waals surface area contributed by atoms with Crippen LogP contribution < -0.4 is 0 Å². The van der Waals surface area contributed by atoms with Crippen LogP contribution in [0.1, 0.15) is 13.3 Å². The minimum absolute atomic E-state index is 0.0206. The van der Waals surface area contributed by atoms with Gasteiger partial charge in [0.05, 0.1) is 14.2 Å². The van der Waals surface area contributed by atoms with Gasteiger partial charge >= 0.3 is 11.9 Å². The van der Waals surface area contributed by atoms with Gasteiger partial charge in [0, 0.05) is 12.5 Å². The highest BCUT2D eigenvalue weighted by Gasteiger charge is 2.71. The third-order valence-corrected chi connectivity index (χ3v) is 3.92. The van der Waals surface area contributed by atoms with Crippen LogP contribution in [-0.2, 0) is 23.9 Å². The minimum atomic E-state index is -2.20. The number of amides is 1. The fourth-order valence-corrected chi connectivity index (χ4v) is 2.79. The van der Waals surface area contributed by atoms with Gasteiger partial charge in [-0.15, -0.1) is 6.58 Å². The summed E-state index contributed by atoms with van der Waals surface area (Å²) in [5, 5.41) is 10.8. The lowest BCUT2D eigenvalue weighted by Crippen LogP contribution is -2.68. The zero-order valence-electron chi connectivity index (χ0n) is 11.8. The van der Waals surface area contributed by atoms with Gasteiger partial charge < -0.3 is 19.5 Å².